The largest absolute Gasteiger partial charge is 0.394 e. The number of hydrogen-bond donors (Lipinski definition) is 2. The number of aliphatic hydroxyl groups is 1. The molecule has 0 saturated heterocycles. The zero-order valence-corrected chi connectivity index (χ0v) is 18.3. The Morgan fingerprint density at radius 2 is 1.26 bits per heavy atom. The van der Waals surface area contributed by atoms with Gasteiger partial charge < -0.3 is 15.2 Å². The molecular weight excluding hydrogens is 338 g/mol. The number of carbonyl (C=O) groups excluding carboxylic acids is 1. The molecule has 4 heteroatoms. The number of unbranched alkanes of at least 4 members (excludes halogenated alkanes) is 13. The molecule has 0 heterocycles. The van der Waals surface area contributed by atoms with E-state index in [9.17, 15) is 9.90 Å². The van der Waals surface area contributed by atoms with Gasteiger partial charge in [0.05, 0.1) is 19.3 Å². The second-order valence-electron chi connectivity index (χ2n) is 7.87. The molecule has 0 aromatic heterocycles. The quantitative estimate of drug-likeness (QED) is 0.247. The smallest absolute Gasteiger partial charge is 0.220 e. The van der Waals surface area contributed by atoms with Crippen molar-refractivity contribution in [1.82, 2.24) is 5.32 Å². The molecule has 0 aliphatic carbocycles. The first-order valence-electron chi connectivity index (χ1n) is 11.7. The van der Waals surface area contributed by atoms with Crippen molar-refractivity contribution >= 4 is 5.91 Å². The van der Waals surface area contributed by atoms with Gasteiger partial charge in [0.25, 0.3) is 0 Å². The van der Waals surface area contributed by atoms with Gasteiger partial charge in [0.2, 0.25) is 5.91 Å². The SMILES string of the molecule is CCCCCCCCCCCCOCC(CO)NC(=O)CCCCCCC. The Hall–Kier alpha value is -0.610. The Bertz CT molecular complexity index is 310. The number of hydrogen-bond acceptors (Lipinski definition) is 3. The van der Waals surface area contributed by atoms with Gasteiger partial charge in [-0.3, -0.25) is 4.79 Å². The molecule has 162 valence electrons. The molecule has 2 N–H and O–H groups in total. The highest BCUT2D eigenvalue weighted by Gasteiger charge is 2.11. The summed E-state index contributed by atoms with van der Waals surface area (Å²) in [6.45, 7) is 5.53. The summed E-state index contributed by atoms with van der Waals surface area (Å²) >= 11 is 0. The first-order valence-corrected chi connectivity index (χ1v) is 11.7. The van der Waals surface area contributed by atoms with E-state index in [1.807, 2.05) is 0 Å². The van der Waals surface area contributed by atoms with Gasteiger partial charge in [-0.1, -0.05) is 97.3 Å². The first kappa shape index (κ1) is 26.4. The zero-order chi connectivity index (χ0) is 20.0. The number of amides is 1. The van der Waals surface area contributed by atoms with Gasteiger partial charge in [0.15, 0.2) is 0 Å². The summed E-state index contributed by atoms with van der Waals surface area (Å²) < 4.78 is 5.64. The summed E-state index contributed by atoms with van der Waals surface area (Å²) in [6.07, 6.45) is 19.4. The summed E-state index contributed by atoms with van der Waals surface area (Å²) in [6, 6.07) is -0.267. The van der Waals surface area contributed by atoms with E-state index in [1.165, 1.54) is 77.0 Å². The molecule has 0 spiro atoms. The van der Waals surface area contributed by atoms with Crippen molar-refractivity contribution in [2.24, 2.45) is 0 Å². The van der Waals surface area contributed by atoms with Crippen molar-refractivity contribution < 1.29 is 14.6 Å². The van der Waals surface area contributed by atoms with Gasteiger partial charge in [-0.15, -0.1) is 0 Å². The minimum atomic E-state index is -0.267. The maximum absolute atomic E-state index is 11.9. The highest BCUT2D eigenvalue weighted by molar-refractivity contribution is 5.76. The highest BCUT2D eigenvalue weighted by Crippen LogP contribution is 2.10. The molecule has 0 fully saturated rings. The van der Waals surface area contributed by atoms with Crippen molar-refractivity contribution in [1.29, 1.82) is 0 Å². The van der Waals surface area contributed by atoms with E-state index < -0.39 is 0 Å². The van der Waals surface area contributed by atoms with Gasteiger partial charge in [-0.25, -0.2) is 0 Å². The van der Waals surface area contributed by atoms with E-state index in [-0.39, 0.29) is 18.6 Å². The molecule has 0 aromatic rings. The average molecular weight is 386 g/mol. The van der Waals surface area contributed by atoms with Crippen LogP contribution in [0.4, 0.5) is 0 Å². The van der Waals surface area contributed by atoms with Crippen LogP contribution in [0.3, 0.4) is 0 Å². The minimum Gasteiger partial charge on any atom is -0.394 e. The molecule has 4 nitrogen and oxygen atoms in total. The van der Waals surface area contributed by atoms with E-state index >= 15 is 0 Å². The van der Waals surface area contributed by atoms with Crippen molar-refractivity contribution in [2.45, 2.75) is 123 Å². The Morgan fingerprint density at radius 3 is 1.78 bits per heavy atom. The number of rotatable bonds is 21. The van der Waals surface area contributed by atoms with Gasteiger partial charge >= 0.3 is 0 Å². The molecule has 0 radical (unpaired) electrons. The average Bonchev–Trinajstić information content (AvgIpc) is 2.67. The van der Waals surface area contributed by atoms with Crippen LogP contribution in [-0.2, 0) is 9.53 Å². The van der Waals surface area contributed by atoms with Gasteiger partial charge in [-0.2, -0.15) is 0 Å². The summed E-state index contributed by atoms with van der Waals surface area (Å²) in [5, 5.41) is 12.3. The third-order valence-corrected chi connectivity index (χ3v) is 5.05. The van der Waals surface area contributed by atoms with Gasteiger partial charge in [0, 0.05) is 13.0 Å². The molecule has 27 heavy (non-hydrogen) atoms. The Morgan fingerprint density at radius 1 is 0.778 bits per heavy atom. The van der Waals surface area contributed by atoms with Crippen LogP contribution < -0.4 is 5.32 Å². The van der Waals surface area contributed by atoms with Crippen LogP contribution in [0.1, 0.15) is 117 Å². The maximum atomic E-state index is 11.9. The zero-order valence-electron chi connectivity index (χ0n) is 18.3. The van der Waals surface area contributed by atoms with E-state index in [2.05, 4.69) is 19.2 Å². The van der Waals surface area contributed by atoms with E-state index in [1.54, 1.807) is 0 Å². The number of nitrogens with one attached hydrogen (secondary N) is 1. The van der Waals surface area contributed by atoms with Crippen LogP contribution in [0.15, 0.2) is 0 Å². The fourth-order valence-corrected chi connectivity index (χ4v) is 3.25. The Labute approximate surface area is 168 Å². The lowest BCUT2D eigenvalue weighted by Gasteiger charge is -2.16. The molecular formula is C23H47NO3. The molecule has 1 amide bonds. The van der Waals surface area contributed by atoms with Crippen molar-refractivity contribution in [3.8, 4) is 0 Å². The Kier molecular flexibility index (Phi) is 21.2. The standard InChI is InChI=1S/C23H47NO3/c1-3-5-7-9-10-11-12-13-15-17-19-27-21-22(20-25)24-23(26)18-16-14-8-6-4-2/h22,25H,3-21H2,1-2H3,(H,24,26). The predicted octanol–water partition coefficient (Wildman–Crippen LogP) is 5.76. The third-order valence-electron chi connectivity index (χ3n) is 5.05. The molecule has 0 aliphatic heterocycles. The normalized spacial score (nSPS) is 12.3. The molecule has 0 aliphatic rings. The molecule has 0 rings (SSSR count). The third kappa shape index (κ3) is 19.9. The van der Waals surface area contributed by atoms with Crippen LogP contribution >= 0.6 is 0 Å². The fraction of sp³-hybridized carbons (Fsp3) is 0.957. The van der Waals surface area contributed by atoms with Crippen LogP contribution in [0.5, 0.6) is 0 Å². The van der Waals surface area contributed by atoms with E-state index in [0.29, 0.717) is 13.0 Å². The lowest BCUT2D eigenvalue weighted by atomic mass is 10.1. The molecule has 1 unspecified atom stereocenters. The van der Waals surface area contributed by atoms with Gasteiger partial charge in [0.1, 0.15) is 0 Å². The van der Waals surface area contributed by atoms with Crippen molar-refractivity contribution in [3.63, 3.8) is 0 Å². The lowest BCUT2D eigenvalue weighted by molar-refractivity contribution is -0.122. The van der Waals surface area contributed by atoms with Crippen molar-refractivity contribution in [2.75, 3.05) is 19.8 Å². The van der Waals surface area contributed by atoms with E-state index in [4.69, 9.17) is 4.74 Å². The number of carbonyl (C=O) groups is 1. The summed E-state index contributed by atoms with van der Waals surface area (Å²) in [4.78, 5) is 11.9. The second kappa shape index (κ2) is 21.7. The fourth-order valence-electron chi connectivity index (χ4n) is 3.25. The van der Waals surface area contributed by atoms with Crippen LogP contribution in [0.25, 0.3) is 0 Å². The van der Waals surface area contributed by atoms with Crippen LogP contribution in [0.2, 0.25) is 0 Å². The second-order valence-corrected chi connectivity index (χ2v) is 7.87. The van der Waals surface area contributed by atoms with Gasteiger partial charge in [-0.05, 0) is 12.8 Å². The van der Waals surface area contributed by atoms with Crippen molar-refractivity contribution in [3.05, 3.63) is 0 Å². The number of ether oxygens (including phenoxy) is 1. The minimum absolute atomic E-state index is 0.0353. The van der Waals surface area contributed by atoms with Crippen LogP contribution in [0, 0.1) is 0 Å². The molecule has 0 bridgehead atoms. The molecule has 0 saturated carbocycles. The van der Waals surface area contributed by atoms with Crippen LogP contribution in [-0.4, -0.2) is 36.9 Å². The topological polar surface area (TPSA) is 58.6 Å². The lowest BCUT2D eigenvalue weighted by Crippen LogP contribution is -2.40. The Balaban J connectivity index is 3.43. The van der Waals surface area contributed by atoms with E-state index in [0.717, 1.165) is 25.9 Å². The first-order chi connectivity index (χ1) is 13.2. The predicted molar refractivity (Wildman–Crippen MR) is 115 cm³/mol. The number of aliphatic hydroxyl groups excluding tert-OH is 1. The summed E-state index contributed by atoms with van der Waals surface area (Å²) in [5.41, 5.74) is 0. The summed E-state index contributed by atoms with van der Waals surface area (Å²) in [7, 11) is 0. The monoisotopic (exact) mass is 385 g/mol. The molecule has 0 aromatic carbocycles. The highest BCUT2D eigenvalue weighted by atomic mass is 16.5. The summed E-state index contributed by atoms with van der Waals surface area (Å²) in [5.74, 6) is 0.0353. The molecule has 1 atom stereocenters. The maximum Gasteiger partial charge on any atom is 0.220 e.